The highest BCUT2D eigenvalue weighted by molar-refractivity contribution is 7.89. The minimum Gasteiger partial charge on any atom is -0.495 e. The van der Waals surface area contributed by atoms with Gasteiger partial charge in [0, 0.05) is 24.2 Å². The van der Waals surface area contributed by atoms with Crippen LogP contribution in [0.2, 0.25) is 0 Å². The third kappa shape index (κ3) is 5.66. The quantitative estimate of drug-likeness (QED) is 0.668. The molecule has 2 aromatic carbocycles. The number of hydrogen-bond donors (Lipinski definition) is 1. The molecule has 0 radical (unpaired) electrons. The molecule has 1 amide bonds. The number of nitrogens with zero attached hydrogens (tertiary/aromatic N) is 1. The van der Waals surface area contributed by atoms with Gasteiger partial charge in [-0.05, 0) is 63.3 Å². The fraction of sp³-hybridized carbons (Fsp3) is 0.458. The third-order valence-corrected chi connectivity index (χ3v) is 7.88. The minimum absolute atomic E-state index is 0.0445. The van der Waals surface area contributed by atoms with Crippen LogP contribution in [0.3, 0.4) is 0 Å². The second-order valence-corrected chi connectivity index (χ2v) is 10.1. The van der Waals surface area contributed by atoms with E-state index in [9.17, 15) is 13.2 Å². The summed E-state index contributed by atoms with van der Waals surface area (Å²) in [6, 6.07) is 14.6. The largest absolute Gasteiger partial charge is 0.495 e. The van der Waals surface area contributed by atoms with Crippen LogP contribution in [0.4, 0.5) is 0 Å². The maximum Gasteiger partial charge on any atom is 0.251 e. The van der Waals surface area contributed by atoms with Gasteiger partial charge in [-0.15, -0.1) is 0 Å². The van der Waals surface area contributed by atoms with E-state index in [1.807, 2.05) is 32.0 Å². The maximum atomic E-state index is 13.3. The van der Waals surface area contributed by atoms with Crippen molar-refractivity contribution in [2.75, 3.05) is 13.7 Å². The molecule has 0 aliphatic carbocycles. The summed E-state index contributed by atoms with van der Waals surface area (Å²) in [4.78, 5) is 12.9. The van der Waals surface area contributed by atoms with E-state index in [0.717, 1.165) is 32.1 Å². The van der Waals surface area contributed by atoms with Gasteiger partial charge in [0.25, 0.3) is 5.91 Å². The number of rotatable bonds is 8. The van der Waals surface area contributed by atoms with E-state index >= 15 is 0 Å². The first-order valence-corrected chi connectivity index (χ1v) is 12.3. The molecule has 1 fully saturated rings. The first-order valence-electron chi connectivity index (χ1n) is 10.9. The van der Waals surface area contributed by atoms with Gasteiger partial charge in [0.15, 0.2) is 0 Å². The summed E-state index contributed by atoms with van der Waals surface area (Å²) < 4.78 is 33.5. The molecule has 2 atom stereocenters. The average molecular weight is 445 g/mol. The third-order valence-electron chi connectivity index (χ3n) is 5.84. The Morgan fingerprint density at radius 1 is 1.19 bits per heavy atom. The van der Waals surface area contributed by atoms with Gasteiger partial charge >= 0.3 is 0 Å². The zero-order valence-corrected chi connectivity index (χ0v) is 19.3. The first-order chi connectivity index (χ1) is 14.8. The number of hydrogen-bond acceptors (Lipinski definition) is 4. The fourth-order valence-electron chi connectivity index (χ4n) is 3.98. The molecular formula is C24H32N2O4S. The Balaban J connectivity index is 1.75. The standard InChI is InChI=1S/C24H32N2O4S/c1-18(12-13-20-10-5-4-6-11-20)25-24(27)21-14-15-22(30-3)23(17-21)31(28,29)26-16-8-7-9-19(26)2/h4-6,10-11,14-15,17-19H,7-9,12-13,16H2,1-3H3,(H,25,27). The molecular weight excluding hydrogens is 412 g/mol. The summed E-state index contributed by atoms with van der Waals surface area (Å²) in [5.41, 5.74) is 1.53. The number of carbonyl (C=O) groups excluding carboxylic acids is 1. The summed E-state index contributed by atoms with van der Waals surface area (Å²) in [5, 5.41) is 2.98. The van der Waals surface area contributed by atoms with Crippen LogP contribution >= 0.6 is 0 Å². The Bertz CT molecular complexity index is 992. The zero-order chi connectivity index (χ0) is 22.4. The Labute approximate surface area is 185 Å². The normalized spacial score (nSPS) is 18.4. The van der Waals surface area contributed by atoms with Crippen LogP contribution in [0.25, 0.3) is 0 Å². The maximum absolute atomic E-state index is 13.3. The molecule has 1 aliphatic heterocycles. The van der Waals surface area contributed by atoms with Crippen LogP contribution in [0.15, 0.2) is 53.4 Å². The van der Waals surface area contributed by atoms with Gasteiger partial charge in [-0.25, -0.2) is 8.42 Å². The summed E-state index contributed by atoms with van der Waals surface area (Å²) in [5.74, 6) is -0.0298. The Kier molecular flexibility index (Phi) is 7.73. The van der Waals surface area contributed by atoms with E-state index < -0.39 is 10.0 Å². The van der Waals surface area contributed by atoms with E-state index in [0.29, 0.717) is 12.1 Å². The average Bonchev–Trinajstić information content (AvgIpc) is 2.78. The smallest absolute Gasteiger partial charge is 0.251 e. The van der Waals surface area contributed by atoms with Crippen LogP contribution in [0.5, 0.6) is 5.75 Å². The molecule has 7 heteroatoms. The Morgan fingerprint density at radius 2 is 1.94 bits per heavy atom. The highest BCUT2D eigenvalue weighted by Gasteiger charge is 2.33. The number of piperidine rings is 1. The molecule has 1 saturated heterocycles. The lowest BCUT2D eigenvalue weighted by Gasteiger charge is -2.32. The molecule has 1 aliphatic rings. The van der Waals surface area contributed by atoms with Gasteiger partial charge in [0.05, 0.1) is 7.11 Å². The number of benzene rings is 2. The molecule has 2 aromatic rings. The van der Waals surface area contributed by atoms with Crippen molar-refractivity contribution in [3.8, 4) is 5.75 Å². The molecule has 3 rings (SSSR count). The summed E-state index contributed by atoms with van der Waals surface area (Å²) in [7, 11) is -2.31. The van der Waals surface area contributed by atoms with E-state index in [4.69, 9.17) is 4.74 Å². The number of aryl methyl sites for hydroxylation is 1. The molecule has 168 valence electrons. The van der Waals surface area contributed by atoms with Crippen LogP contribution in [-0.2, 0) is 16.4 Å². The van der Waals surface area contributed by atoms with Gasteiger partial charge in [-0.3, -0.25) is 4.79 Å². The molecule has 1 heterocycles. The van der Waals surface area contributed by atoms with E-state index in [2.05, 4.69) is 17.4 Å². The fourth-order valence-corrected chi connectivity index (χ4v) is 5.86. The number of carbonyl (C=O) groups is 1. The molecule has 0 saturated carbocycles. The Morgan fingerprint density at radius 3 is 2.61 bits per heavy atom. The lowest BCUT2D eigenvalue weighted by atomic mass is 10.1. The molecule has 0 bridgehead atoms. The molecule has 1 N–H and O–H groups in total. The van der Waals surface area contributed by atoms with Crippen molar-refractivity contribution < 1.29 is 17.9 Å². The monoisotopic (exact) mass is 444 g/mol. The minimum atomic E-state index is -3.76. The SMILES string of the molecule is COc1ccc(C(=O)NC(C)CCc2ccccc2)cc1S(=O)(=O)N1CCCCC1C. The topological polar surface area (TPSA) is 75.7 Å². The second kappa shape index (κ2) is 10.3. The molecule has 2 unspecified atom stereocenters. The number of sulfonamides is 1. The highest BCUT2D eigenvalue weighted by atomic mass is 32.2. The molecule has 0 aromatic heterocycles. The van der Waals surface area contributed by atoms with Crippen LogP contribution < -0.4 is 10.1 Å². The van der Waals surface area contributed by atoms with Gasteiger partial charge < -0.3 is 10.1 Å². The molecule has 0 spiro atoms. The number of methoxy groups -OCH3 is 1. The Hall–Kier alpha value is -2.38. The predicted molar refractivity (Wildman–Crippen MR) is 122 cm³/mol. The summed E-state index contributed by atoms with van der Waals surface area (Å²) in [6.45, 7) is 4.37. The van der Waals surface area contributed by atoms with Gasteiger partial charge in [-0.1, -0.05) is 36.8 Å². The second-order valence-electron chi connectivity index (χ2n) is 8.22. The van der Waals surface area contributed by atoms with Gasteiger partial charge in [0.2, 0.25) is 10.0 Å². The first kappa shape index (κ1) is 23.3. The predicted octanol–water partition coefficient (Wildman–Crippen LogP) is 4.01. The van der Waals surface area contributed by atoms with Crippen LogP contribution in [-0.4, -0.2) is 44.4 Å². The van der Waals surface area contributed by atoms with Gasteiger partial charge in [0.1, 0.15) is 10.6 Å². The van der Waals surface area contributed by atoms with Crippen molar-refractivity contribution in [2.24, 2.45) is 0 Å². The zero-order valence-electron chi connectivity index (χ0n) is 18.5. The summed E-state index contributed by atoms with van der Waals surface area (Å²) in [6.07, 6.45) is 4.35. The highest BCUT2D eigenvalue weighted by Crippen LogP contribution is 2.31. The number of amides is 1. The van der Waals surface area contributed by atoms with E-state index in [1.165, 1.54) is 23.0 Å². The van der Waals surface area contributed by atoms with Crippen LogP contribution in [0.1, 0.15) is 55.5 Å². The lowest BCUT2D eigenvalue weighted by molar-refractivity contribution is 0.0938. The summed E-state index contributed by atoms with van der Waals surface area (Å²) >= 11 is 0. The van der Waals surface area contributed by atoms with Gasteiger partial charge in [-0.2, -0.15) is 4.31 Å². The van der Waals surface area contributed by atoms with Crippen molar-refractivity contribution in [1.29, 1.82) is 0 Å². The molecule has 31 heavy (non-hydrogen) atoms. The number of nitrogens with one attached hydrogen (secondary N) is 1. The lowest BCUT2D eigenvalue weighted by Crippen LogP contribution is -2.42. The van der Waals surface area contributed by atoms with Crippen LogP contribution in [0, 0.1) is 0 Å². The van der Waals surface area contributed by atoms with Crippen molar-refractivity contribution in [2.45, 2.75) is 62.9 Å². The van der Waals surface area contributed by atoms with Crippen molar-refractivity contribution >= 4 is 15.9 Å². The van der Waals surface area contributed by atoms with E-state index in [-0.39, 0.29) is 28.6 Å². The van der Waals surface area contributed by atoms with Crippen molar-refractivity contribution in [1.82, 2.24) is 9.62 Å². The molecule has 6 nitrogen and oxygen atoms in total. The van der Waals surface area contributed by atoms with E-state index in [1.54, 1.807) is 12.1 Å². The van der Waals surface area contributed by atoms with Crippen molar-refractivity contribution in [3.63, 3.8) is 0 Å². The van der Waals surface area contributed by atoms with Crippen molar-refractivity contribution in [3.05, 3.63) is 59.7 Å². The number of ether oxygens (including phenoxy) is 1.